The van der Waals surface area contributed by atoms with Gasteiger partial charge in [-0.15, -0.1) is 0 Å². The van der Waals surface area contributed by atoms with Crippen LogP contribution in [-0.2, 0) is 15.0 Å². The van der Waals surface area contributed by atoms with E-state index in [2.05, 4.69) is 36.7 Å². The van der Waals surface area contributed by atoms with E-state index in [-0.39, 0.29) is 47.5 Å². The molecule has 0 aliphatic carbocycles. The van der Waals surface area contributed by atoms with E-state index in [0.717, 1.165) is 0 Å². The van der Waals surface area contributed by atoms with Crippen molar-refractivity contribution in [3.8, 4) is 16.9 Å². The molecule has 4 N–H and O–H groups in total. The number of amides is 2. The Morgan fingerprint density at radius 3 is 2.56 bits per heavy atom. The van der Waals surface area contributed by atoms with Crippen molar-refractivity contribution in [2.75, 3.05) is 23.8 Å². The summed E-state index contributed by atoms with van der Waals surface area (Å²) in [6.45, 7) is 6.29. The lowest BCUT2D eigenvalue weighted by Gasteiger charge is -2.34. The van der Waals surface area contributed by atoms with Gasteiger partial charge in [-0.25, -0.2) is 4.39 Å². The third-order valence-corrected chi connectivity index (χ3v) is 8.09. The van der Waals surface area contributed by atoms with Gasteiger partial charge in [-0.1, -0.05) is 56.1 Å². The normalized spacial score (nSPS) is 21.6. The van der Waals surface area contributed by atoms with Crippen molar-refractivity contribution >= 4 is 46.4 Å². The number of halogens is 3. The second-order valence-corrected chi connectivity index (χ2v) is 12.6. The SMILES string of the molecule is CC(C)(C)C[C@H]1N[C@H](C(=O)Nc2ccc(OCCO)cc2)CC12C(=O)Nc1cc(Cl)cc(-c3cccc(Cl)c3F)c12. The molecule has 1 saturated heterocycles. The number of ether oxygens (including phenoxy) is 1. The van der Waals surface area contributed by atoms with Gasteiger partial charge in [0.2, 0.25) is 11.8 Å². The van der Waals surface area contributed by atoms with Crippen LogP contribution in [0.2, 0.25) is 10.0 Å². The van der Waals surface area contributed by atoms with Crippen molar-refractivity contribution < 1.29 is 23.8 Å². The number of nitrogens with one attached hydrogen (secondary N) is 3. The largest absolute Gasteiger partial charge is 0.491 e. The molecule has 2 heterocycles. The number of carbonyl (C=O) groups excluding carboxylic acids is 2. The second-order valence-electron chi connectivity index (χ2n) is 11.7. The fourth-order valence-electron chi connectivity index (χ4n) is 5.93. The minimum absolute atomic E-state index is 0.0385. The van der Waals surface area contributed by atoms with Crippen molar-refractivity contribution in [3.63, 3.8) is 0 Å². The van der Waals surface area contributed by atoms with Crippen molar-refractivity contribution in [1.29, 1.82) is 0 Å². The van der Waals surface area contributed by atoms with Gasteiger partial charge in [0, 0.05) is 33.6 Å². The molecule has 2 aliphatic heterocycles. The Morgan fingerprint density at radius 1 is 1.15 bits per heavy atom. The molecule has 0 aromatic heterocycles. The summed E-state index contributed by atoms with van der Waals surface area (Å²) >= 11 is 12.6. The van der Waals surface area contributed by atoms with Gasteiger partial charge in [-0.3, -0.25) is 9.59 Å². The fraction of sp³-hybridized carbons (Fsp3) is 0.355. The molecule has 3 aromatic carbocycles. The molecule has 7 nitrogen and oxygen atoms in total. The van der Waals surface area contributed by atoms with Crippen molar-refractivity contribution in [3.05, 3.63) is 76.0 Å². The fourth-order valence-corrected chi connectivity index (χ4v) is 6.33. The Balaban J connectivity index is 1.55. The standard InChI is InChI=1S/C31H32Cl2FN3O4/c1-30(2,3)16-25-31(15-24(36-25)28(39)35-18-7-9-19(10-8-18)41-12-11-38)26-21(20-5-4-6-22(33)27(20)34)13-17(32)14-23(26)37-29(31)40/h4-10,13-14,24-25,36,38H,11-12,15-16H2,1-3H3,(H,35,39)(H,37,40)/t24-,25+,31?/m0/s1. The molecule has 3 atom stereocenters. The van der Waals surface area contributed by atoms with Gasteiger partial charge in [-0.2, -0.15) is 0 Å². The summed E-state index contributed by atoms with van der Waals surface area (Å²) in [4.78, 5) is 27.6. The van der Waals surface area contributed by atoms with Gasteiger partial charge in [0.15, 0.2) is 0 Å². The Bertz CT molecular complexity index is 1490. The van der Waals surface area contributed by atoms with Gasteiger partial charge in [0.1, 0.15) is 18.2 Å². The zero-order chi connectivity index (χ0) is 29.5. The maximum atomic E-state index is 15.4. The zero-order valence-electron chi connectivity index (χ0n) is 23.0. The van der Waals surface area contributed by atoms with E-state index in [4.69, 9.17) is 33.0 Å². The van der Waals surface area contributed by atoms with E-state index in [9.17, 15) is 9.59 Å². The van der Waals surface area contributed by atoms with Crippen LogP contribution in [0.25, 0.3) is 11.1 Å². The van der Waals surface area contributed by atoms with Crippen LogP contribution >= 0.6 is 23.2 Å². The molecule has 2 aliphatic rings. The molecule has 0 radical (unpaired) electrons. The summed E-state index contributed by atoms with van der Waals surface area (Å²) in [5.74, 6) is -0.595. The van der Waals surface area contributed by atoms with Crippen LogP contribution in [0.4, 0.5) is 15.8 Å². The number of rotatable bonds is 7. The molecular formula is C31H32Cl2FN3O4. The summed E-state index contributed by atoms with van der Waals surface area (Å²) in [6, 6.07) is 13.7. The van der Waals surface area contributed by atoms with E-state index in [0.29, 0.717) is 39.7 Å². The van der Waals surface area contributed by atoms with Crippen molar-refractivity contribution in [1.82, 2.24) is 5.32 Å². The zero-order valence-corrected chi connectivity index (χ0v) is 24.5. The van der Waals surface area contributed by atoms with E-state index >= 15 is 4.39 Å². The van der Waals surface area contributed by atoms with Crippen LogP contribution < -0.4 is 20.7 Å². The summed E-state index contributed by atoms with van der Waals surface area (Å²) in [6.07, 6.45) is 0.730. The number of benzene rings is 3. The summed E-state index contributed by atoms with van der Waals surface area (Å²) < 4.78 is 20.8. The smallest absolute Gasteiger partial charge is 0.241 e. The van der Waals surface area contributed by atoms with Gasteiger partial charge >= 0.3 is 0 Å². The molecule has 2 amide bonds. The highest BCUT2D eigenvalue weighted by Gasteiger charge is 2.60. The van der Waals surface area contributed by atoms with E-state index in [1.165, 1.54) is 6.07 Å². The number of carbonyl (C=O) groups is 2. The highest BCUT2D eigenvalue weighted by atomic mass is 35.5. The van der Waals surface area contributed by atoms with Crippen LogP contribution in [0, 0.1) is 11.2 Å². The molecule has 0 saturated carbocycles. The summed E-state index contributed by atoms with van der Waals surface area (Å²) in [5, 5.41) is 18.6. The Morgan fingerprint density at radius 2 is 1.88 bits per heavy atom. The molecule has 1 fully saturated rings. The predicted molar refractivity (Wildman–Crippen MR) is 159 cm³/mol. The van der Waals surface area contributed by atoms with Gasteiger partial charge in [0.05, 0.1) is 23.1 Å². The van der Waals surface area contributed by atoms with Crippen molar-refractivity contribution in [2.24, 2.45) is 5.41 Å². The van der Waals surface area contributed by atoms with Crippen LogP contribution in [0.15, 0.2) is 54.6 Å². The molecule has 1 unspecified atom stereocenters. The first-order valence-corrected chi connectivity index (χ1v) is 14.2. The van der Waals surface area contributed by atoms with Crippen LogP contribution in [-0.4, -0.2) is 42.2 Å². The first-order valence-electron chi connectivity index (χ1n) is 13.4. The van der Waals surface area contributed by atoms with Gasteiger partial charge in [0.25, 0.3) is 0 Å². The third-order valence-electron chi connectivity index (χ3n) is 7.58. The minimum atomic E-state index is -1.17. The number of hydrogen-bond acceptors (Lipinski definition) is 5. The average molecular weight is 601 g/mol. The average Bonchev–Trinajstić information content (AvgIpc) is 3.41. The first kappa shape index (κ1) is 29.3. The molecule has 216 valence electrons. The predicted octanol–water partition coefficient (Wildman–Crippen LogP) is 6.17. The highest BCUT2D eigenvalue weighted by Crippen LogP contribution is 2.54. The van der Waals surface area contributed by atoms with Crippen LogP contribution in [0.1, 0.15) is 39.2 Å². The summed E-state index contributed by atoms with van der Waals surface area (Å²) in [7, 11) is 0. The number of anilines is 2. The first-order chi connectivity index (χ1) is 19.4. The molecule has 3 aromatic rings. The number of aliphatic hydroxyl groups excluding tert-OH is 1. The van der Waals surface area contributed by atoms with E-state index in [1.54, 1.807) is 48.5 Å². The van der Waals surface area contributed by atoms with Crippen LogP contribution in [0.3, 0.4) is 0 Å². The highest BCUT2D eigenvalue weighted by molar-refractivity contribution is 6.32. The second kappa shape index (κ2) is 11.2. The monoisotopic (exact) mass is 599 g/mol. The Kier molecular flexibility index (Phi) is 8.05. The van der Waals surface area contributed by atoms with Gasteiger partial charge < -0.3 is 25.8 Å². The molecule has 1 spiro atoms. The topological polar surface area (TPSA) is 99.7 Å². The lowest BCUT2D eigenvalue weighted by Crippen LogP contribution is -2.48. The number of aliphatic hydroxyl groups is 1. The maximum Gasteiger partial charge on any atom is 0.241 e. The molecule has 10 heteroatoms. The van der Waals surface area contributed by atoms with E-state index < -0.39 is 23.3 Å². The third kappa shape index (κ3) is 5.66. The van der Waals surface area contributed by atoms with Gasteiger partial charge in [-0.05, 0) is 66.3 Å². The Labute approximate surface area is 248 Å². The molecular weight excluding hydrogens is 568 g/mol. The molecule has 0 bridgehead atoms. The summed E-state index contributed by atoms with van der Waals surface area (Å²) in [5.41, 5.74) is 1.00. The Hall–Kier alpha value is -3.17. The van der Waals surface area contributed by atoms with Crippen molar-refractivity contribution in [2.45, 2.75) is 51.1 Å². The number of hydrogen-bond donors (Lipinski definition) is 4. The van der Waals surface area contributed by atoms with E-state index in [1.807, 2.05) is 0 Å². The minimum Gasteiger partial charge on any atom is -0.491 e. The maximum absolute atomic E-state index is 15.4. The lowest BCUT2D eigenvalue weighted by atomic mass is 9.68. The lowest BCUT2D eigenvalue weighted by molar-refractivity contribution is -0.121. The van der Waals surface area contributed by atoms with Crippen LogP contribution in [0.5, 0.6) is 5.75 Å². The number of fused-ring (bicyclic) bond motifs is 2. The quantitative estimate of drug-likeness (QED) is 0.260. The molecule has 41 heavy (non-hydrogen) atoms. The molecule has 5 rings (SSSR count).